The lowest BCUT2D eigenvalue weighted by atomic mass is 10.1. The number of nitrogens with zero attached hydrogens (tertiary/aromatic N) is 2. The Morgan fingerprint density at radius 2 is 1.56 bits per heavy atom. The molecule has 0 atom stereocenters. The average Bonchev–Trinajstić information content (AvgIpc) is 2.83. The minimum Gasteiger partial charge on any atom is -0.399 e. The highest BCUT2D eigenvalue weighted by Gasteiger charge is 2.35. The standard InChI is InChI=1S/C18H27N3O2S2/c1-3-24-11-9-20(10-12-25-4-2)7-8-21-17(22)15-6-5-14(19)13-16(15)18(21)23/h5-6,13H,3-4,7-12,19H2,1-2H3. The van der Waals surface area contributed by atoms with Crippen LogP contribution >= 0.6 is 23.5 Å². The Labute approximate surface area is 158 Å². The van der Waals surface area contributed by atoms with Crippen molar-refractivity contribution in [2.75, 3.05) is 54.9 Å². The third kappa shape index (κ3) is 5.39. The van der Waals surface area contributed by atoms with E-state index in [0.29, 0.717) is 23.4 Å². The van der Waals surface area contributed by atoms with Crippen molar-refractivity contribution in [1.82, 2.24) is 9.80 Å². The molecule has 0 saturated carbocycles. The quantitative estimate of drug-likeness (QED) is 0.361. The van der Waals surface area contributed by atoms with Crippen LogP contribution in [0.2, 0.25) is 0 Å². The Bertz CT molecular complexity index is 600. The molecule has 1 aliphatic heterocycles. The molecule has 138 valence electrons. The summed E-state index contributed by atoms with van der Waals surface area (Å²) in [6, 6.07) is 4.92. The van der Waals surface area contributed by atoms with E-state index in [1.165, 1.54) is 4.90 Å². The Kier molecular flexibility index (Phi) is 8.12. The van der Waals surface area contributed by atoms with Gasteiger partial charge < -0.3 is 5.73 Å². The summed E-state index contributed by atoms with van der Waals surface area (Å²) < 4.78 is 0. The van der Waals surface area contributed by atoms with Gasteiger partial charge in [-0.15, -0.1) is 0 Å². The molecular weight excluding hydrogens is 354 g/mol. The molecule has 0 spiro atoms. The van der Waals surface area contributed by atoms with Gasteiger partial charge in [-0.2, -0.15) is 23.5 Å². The van der Waals surface area contributed by atoms with Crippen LogP contribution in [0.15, 0.2) is 18.2 Å². The van der Waals surface area contributed by atoms with Crippen molar-refractivity contribution in [3.8, 4) is 0 Å². The van der Waals surface area contributed by atoms with Gasteiger partial charge in [0.25, 0.3) is 11.8 Å². The van der Waals surface area contributed by atoms with E-state index in [2.05, 4.69) is 18.7 Å². The molecule has 2 amide bonds. The number of amides is 2. The predicted molar refractivity (Wildman–Crippen MR) is 109 cm³/mol. The SMILES string of the molecule is CCSCCN(CCSCC)CCN1C(=O)c2ccc(N)cc2C1=O. The first kappa shape index (κ1) is 20.1. The van der Waals surface area contributed by atoms with E-state index < -0.39 is 0 Å². The zero-order valence-corrected chi connectivity index (χ0v) is 16.6. The van der Waals surface area contributed by atoms with E-state index >= 15 is 0 Å². The maximum absolute atomic E-state index is 12.5. The van der Waals surface area contributed by atoms with Gasteiger partial charge in [0, 0.05) is 43.4 Å². The van der Waals surface area contributed by atoms with Crippen LogP contribution in [-0.2, 0) is 0 Å². The van der Waals surface area contributed by atoms with Crippen molar-refractivity contribution in [3.05, 3.63) is 29.3 Å². The molecule has 25 heavy (non-hydrogen) atoms. The molecule has 0 radical (unpaired) electrons. The van der Waals surface area contributed by atoms with Gasteiger partial charge in [0.2, 0.25) is 0 Å². The number of hydrogen-bond acceptors (Lipinski definition) is 6. The summed E-state index contributed by atoms with van der Waals surface area (Å²) in [6.07, 6.45) is 0. The number of rotatable bonds is 11. The normalized spacial score (nSPS) is 13.8. The van der Waals surface area contributed by atoms with Crippen LogP contribution in [0.1, 0.15) is 34.6 Å². The summed E-state index contributed by atoms with van der Waals surface area (Å²) in [6.45, 7) is 7.44. The molecule has 1 aromatic carbocycles. The molecule has 7 heteroatoms. The molecule has 2 N–H and O–H groups in total. The summed E-state index contributed by atoms with van der Waals surface area (Å²) >= 11 is 3.83. The molecule has 0 unspecified atom stereocenters. The minimum atomic E-state index is -0.224. The van der Waals surface area contributed by atoms with E-state index in [4.69, 9.17) is 5.73 Å². The Balaban J connectivity index is 1.94. The van der Waals surface area contributed by atoms with Gasteiger partial charge in [0.15, 0.2) is 0 Å². The summed E-state index contributed by atoms with van der Waals surface area (Å²) in [5.41, 5.74) is 7.15. The van der Waals surface area contributed by atoms with E-state index in [-0.39, 0.29) is 11.8 Å². The van der Waals surface area contributed by atoms with Gasteiger partial charge in [-0.25, -0.2) is 0 Å². The van der Waals surface area contributed by atoms with Crippen LogP contribution < -0.4 is 5.73 Å². The molecular formula is C18H27N3O2S2. The molecule has 2 rings (SSSR count). The van der Waals surface area contributed by atoms with Gasteiger partial charge >= 0.3 is 0 Å². The largest absolute Gasteiger partial charge is 0.399 e. The molecule has 0 bridgehead atoms. The third-order valence-corrected chi connectivity index (χ3v) is 5.91. The number of fused-ring (bicyclic) bond motifs is 1. The maximum atomic E-state index is 12.5. The monoisotopic (exact) mass is 381 g/mol. The van der Waals surface area contributed by atoms with Crippen LogP contribution in [0, 0.1) is 0 Å². The van der Waals surface area contributed by atoms with Gasteiger partial charge in [0.1, 0.15) is 0 Å². The van der Waals surface area contributed by atoms with Crippen molar-refractivity contribution in [2.45, 2.75) is 13.8 Å². The number of hydrogen-bond donors (Lipinski definition) is 1. The van der Waals surface area contributed by atoms with Crippen LogP contribution in [0.4, 0.5) is 5.69 Å². The Hall–Kier alpha value is -1.18. The van der Waals surface area contributed by atoms with E-state index in [0.717, 1.165) is 42.6 Å². The number of nitrogen functional groups attached to an aromatic ring is 1. The lowest BCUT2D eigenvalue weighted by Gasteiger charge is -2.24. The van der Waals surface area contributed by atoms with Crippen LogP contribution in [0.3, 0.4) is 0 Å². The second-order valence-corrected chi connectivity index (χ2v) is 8.59. The number of anilines is 1. The molecule has 1 heterocycles. The summed E-state index contributed by atoms with van der Waals surface area (Å²) in [7, 11) is 0. The fourth-order valence-electron chi connectivity index (χ4n) is 2.76. The van der Waals surface area contributed by atoms with Crippen LogP contribution in [-0.4, -0.2) is 70.8 Å². The molecule has 0 aromatic heterocycles. The average molecular weight is 382 g/mol. The third-order valence-electron chi connectivity index (χ3n) is 4.15. The fraction of sp³-hybridized carbons (Fsp3) is 0.556. The van der Waals surface area contributed by atoms with Crippen molar-refractivity contribution in [1.29, 1.82) is 0 Å². The molecule has 0 saturated heterocycles. The van der Waals surface area contributed by atoms with E-state index in [1.807, 2.05) is 23.5 Å². The summed E-state index contributed by atoms with van der Waals surface area (Å²) in [4.78, 5) is 28.7. The fourth-order valence-corrected chi connectivity index (χ4v) is 4.12. The topological polar surface area (TPSA) is 66.6 Å². The minimum absolute atomic E-state index is 0.203. The highest BCUT2D eigenvalue weighted by atomic mass is 32.2. The number of imide groups is 1. The smallest absolute Gasteiger partial charge is 0.261 e. The van der Waals surface area contributed by atoms with Crippen molar-refractivity contribution in [2.24, 2.45) is 0 Å². The highest BCUT2D eigenvalue weighted by molar-refractivity contribution is 7.99. The van der Waals surface area contributed by atoms with Crippen LogP contribution in [0.5, 0.6) is 0 Å². The van der Waals surface area contributed by atoms with Crippen molar-refractivity contribution < 1.29 is 9.59 Å². The summed E-state index contributed by atoms with van der Waals surface area (Å²) in [5, 5.41) is 0. The van der Waals surface area contributed by atoms with Crippen molar-refractivity contribution in [3.63, 3.8) is 0 Å². The first-order chi connectivity index (χ1) is 12.1. The van der Waals surface area contributed by atoms with Crippen molar-refractivity contribution >= 4 is 41.0 Å². The van der Waals surface area contributed by atoms with E-state index in [1.54, 1.807) is 18.2 Å². The first-order valence-corrected chi connectivity index (χ1v) is 11.0. The lowest BCUT2D eigenvalue weighted by molar-refractivity contribution is 0.0638. The number of thioether (sulfide) groups is 2. The first-order valence-electron chi connectivity index (χ1n) is 8.72. The second kappa shape index (κ2) is 10.1. The highest BCUT2D eigenvalue weighted by Crippen LogP contribution is 2.24. The van der Waals surface area contributed by atoms with Gasteiger partial charge in [-0.3, -0.25) is 19.4 Å². The molecule has 0 fully saturated rings. The Morgan fingerprint density at radius 3 is 2.16 bits per heavy atom. The number of benzene rings is 1. The number of carbonyl (C=O) groups is 2. The molecule has 5 nitrogen and oxygen atoms in total. The zero-order chi connectivity index (χ0) is 18.2. The van der Waals surface area contributed by atoms with Gasteiger partial charge in [-0.05, 0) is 29.7 Å². The molecule has 1 aromatic rings. The number of carbonyl (C=O) groups excluding carboxylic acids is 2. The second-order valence-electron chi connectivity index (χ2n) is 5.80. The van der Waals surface area contributed by atoms with Gasteiger partial charge in [0.05, 0.1) is 11.1 Å². The number of nitrogens with two attached hydrogens (primary N) is 1. The van der Waals surface area contributed by atoms with Crippen LogP contribution in [0.25, 0.3) is 0 Å². The lowest BCUT2D eigenvalue weighted by Crippen LogP contribution is -2.40. The maximum Gasteiger partial charge on any atom is 0.261 e. The van der Waals surface area contributed by atoms with Gasteiger partial charge in [-0.1, -0.05) is 13.8 Å². The molecule has 1 aliphatic rings. The van der Waals surface area contributed by atoms with E-state index in [9.17, 15) is 9.59 Å². The molecule has 0 aliphatic carbocycles. The summed E-state index contributed by atoms with van der Waals surface area (Å²) in [5.74, 6) is 3.94. The zero-order valence-electron chi connectivity index (χ0n) is 15.0. The predicted octanol–water partition coefficient (Wildman–Crippen LogP) is 2.67. The Morgan fingerprint density at radius 1 is 0.960 bits per heavy atom.